The largest absolute Gasteiger partial charge is 0.492 e. The summed E-state index contributed by atoms with van der Waals surface area (Å²) in [6.45, 7) is 8.63. The van der Waals surface area contributed by atoms with E-state index in [1.54, 1.807) is 19.1 Å². The van der Waals surface area contributed by atoms with Gasteiger partial charge in [-0.05, 0) is 31.2 Å². The van der Waals surface area contributed by atoms with E-state index in [1.165, 1.54) is 21.9 Å². The molecule has 1 N–H and O–H groups in total. The highest BCUT2D eigenvalue weighted by atomic mass is 32.1. The highest BCUT2D eigenvalue weighted by Crippen LogP contribution is 2.40. The molecule has 1 aromatic carbocycles. The maximum Gasteiger partial charge on any atom is 0.230 e. The highest BCUT2D eigenvalue weighted by Gasteiger charge is 2.31. The molecular formula is C18H22FN5OS. The molecule has 1 saturated heterocycles. The van der Waals surface area contributed by atoms with Crippen molar-refractivity contribution in [3.8, 4) is 5.88 Å². The third-order valence-electron chi connectivity index (χ3n) is 4.94. The van der Waals surface area contributed by atoms with Gasteiger partial charge in [0.05, 0.1) is 10.9 Å². The molecule has 1 aliphatic rings. The second kappa shape index (κ2) is 6.94. The van der Waals surface area contributed by atoms with Gasteiger partial charge in [0, 0.05) is 26.2 Å². The van der Waals surface area contributed by atoms with Gasteiger partial charge in [-0.2, -0.15) is 4.52 Å². The Bertz CT molecular complexity index is 916. The van der Waals surface area contributed by atoms with Crippen molar-refractivity contribution >= 4 is 16.3 Å². The highest BCUT2D eigenvalue weighted by molar-refractivity contribution is 7.17. The molecule has 0 amide bonds. The Labute approximate surface area is 155 Å². The predicted molar refractivity (Wildman–Crippen MR) is 99.2 cm³/mol. The molecule has 0 spiro atoms. The van der Waals surface area contributed by atoms with Crippen LogP contribution in [0.3, 0.4) is 0 Å². The molecule has 2 aromatic heterocycles. The first kappa shape index (κ1) is 17.4. The molecule has 1 atom stereocenters. The van der Waals surface area contributed by atoms with E-state index in [9.17, 15) is 9.50 Å². The summed E-state index contributed by atoms with van der Waals surface area (Å²) in [4.78, 5) is 10.5. The number of aryl methyl sites for hydroxylation is 1. The van der Waals surface area contributed by atoms with Crippen LogP contribution < -0.4 is 0 Å². The third kappa shape index (κ3) is 3.08. The second-order valence-corrected chi connectivity index (χ2v) is 7.58. The van der Waals surface area contributed by atoms with Gasteiger partial charge in [0.25, 0.3) is 0 Å². The summed E-state index contributed by atoms with van der Waals surface area (Å²) >= 11 is 1.42. The lowest BCUT2D eigenvalue weighted by Crippen LogP contribution is -2.47. The van der Waals surface area contributed by atoms with Crippen molar-refractivity contribution in [2.45, 2.75) is 19.9 Å². The van der Waals surface area contributed by atoms with E-state index in [0.29, 0.717) is 10.8 Å². The fraction of sp³-hybridized carbons (Fsp3) is 0.444. The molecule has 138 valence electrons. The van der Waals surface area contributed by atoms with Crippen molar-refractivity contribution in [2.75, 3.05) is 32.7 Å². The van der Waals surface area contributed by atoms with Crippen LogP contribution in [0.2, 0.25) is 0 Å². The number of likely N-dealkylation sites (N-methyl/N-ethyl adjacent to an activating group) is 1. The van der Waals surface area contributed by atoms with E-state index < -0.39 is 0 Å². The number of nitrogens with zero attached hydrogens (tertiary/aromatic N) is 5. The molecule has 8 heteroatoms. The van der Waals surface area contributed by atoms with E-state index in [1.807, 2.05) is 6.07 Å². The quantitative estimate of drug-likeness (QED) is 0.760. The van der Waals surface area contributed by atoms with Crippen LogP contribution in [-0.4, -0.2) is 62.2 Å². The molecule has 0 aliphatic carbocycles. The Morgan fingerprint density at radius 1 is 1.27 bits per heavy atom. The topological polar surface area (TPSA) is 56.9 Å². The summed E-state index contributed by atoms with van der Waals surface area (Å²) in [6, 6.07) is 6.43. The minimum atomic E-state index is -0.269. The monoisotopic (exact) mass is 375 g/mol. The van der Waals surface area contributed by atoms with Crippen molar-refractivity contribution in [3.05, 3.63) is 46.3 Å². The summed E-state index contributed by atoms with van der Waals surface area (Å²) in [5.74, 6) is 0.448. The van der Waals surface area contributed by atoms with Crippen molar-refractivity contribution in [2.24, 2.45) is 0 Å². The van der Waals surface area contributed by atoms with Crippen LogP contribution in [0.4, 0.5) is 4.39 Å². The third-order valence-corrected chi connectivity index (χ3v) is 6.01. The fourth-order valence-corrected chi connectivity index (χ4v) is 4.73. The number of hydrogen-bond donors (Lipinski definition) is 1. The number of aromatic hydroxyl groups is 1. The van der Waals surface area contributed by atoms with Gasteiger partial charge < -0.3 is 10.0 Å². The number of piperazine rings is 1. The molecule has 26 heavy (non-hydrogen) atoms. The number of rotatable bonds is 4. The first-order valence-corrected chi connectivity index (χ1v) is 9.65. The second-order valence-electron chi connectivity index (χ2n) is 6.57. The first-order valence-electron chi connectivity index (χ1n) is 8.83. The molecule has 0 unspecified atom stereocenters. The van der Waals surface area contributed by atoms with Crippen molar-refractivity contribution in [1.29, 1.82) is 0 Å². The summed E-state index contributed by atoms with van der Waals surface area (Å²) in [5, 5.41) is 15.0. The van der Waals surface area contributed by atoms with Gasteiger partial charge in [-0.1, -0.05) is 30.4 Å². The van der Waals surface area contributed by atoms with Crippen molar-refractivity contribution in [3.63, 3.8) is 0 Å². The minimum Gasteiger partial charge on any atom is -0.492 e. The smallest absolute Gasteiger partial charge is 0.230 e. The van der Waals surface area contributed by atoms with Gasteiger partial charge in [-0.15, -0.1) is 5.10 Å². The summed E-state index contributed by atoms with van der Waals surface area (Å²) < 4.78 is 15.4. The van der Waals surface area contributed by atoms with Crippen LogP contribution in [0.15, 0.2) is 24.3 Å². The summed E-state index contributed by atoms with van der Waals surface area (Å²) in [6.07, 6.45) is 0. The van der Waals surface area contributed by atoms with Crippen LogP contribution in [0.25, 0.3) is 4.96 Å². The van der Waals surface area contributed by atoms with Gasteiger partial charge in [0.2, 0.25) is 10.8 Å². The Balaban J connectivity index is 1.77. The molecule has 3 aromatic rings. The number of hydrogen-bond acceptors (Lipinski definition) is 6. The Kier molecular flexibility index (Phi) is 4.64. The molecule has 1 fully saturated rings. The van der Waals surface area contributed by atoms with E-state index in [0.717, 1.165) is 43.2 Å². The maximum atomic E-state index is 13.9. The lowest BCUT2D eigenvalue weighted by Gasteiger charge is -2.38. The van der Waals surface area contributed by atoms with E-state index in [2.05, 4.69) is 26.8 Å². The Morgan fingerprint density at radius 2 is 2.04 bits per heavy atom. The van der Waals surface area contributed by atoms with Gasteiger partial charge >= 0.3 is 0 Å². The van der Waals surface area contributed by atoms with Gasteiger partial charge in [-0.3, -0.25) is 4.90 Å². The molecule has 4 rings (SSSR count). The van der Waals surface area contributed by atoms with Gasteiger partial charge in [-0.25, -0.2) is 9.37 Å². The Morgan fingerprint density at radius 3 is 2.69 bits per heavy atom. The molecule has 1 aliphatic heterocycles. The van der Waals surface area contributed by atoms with E-state index in [-0.39, 0.29) is 17.7 Å². The molecular weight excluding hydrogens is 353 g/mol. The Hall–Kier alpha value is -2.03. The zero-order valence-corrected chi connectivity index (χ0v) is 15.7. The van der Waals surface area contributed by atoms with Crippen LogP contribution >= 0.6 is 11.3 Å². The van der Waals surface area contributed by atoms with Gasteiger partial charge in [0.1, 0.15) is 11.6 Å². The first-order chi connectivity index (χ1) is 12.6. The predicted octanol–water partition coefficient (Wildman–Crippen LogP) is 2.67. The minimum absolute atomic E-state index is 0.0952. The van der Waals surface area contributed by atoms with E-state index >= 15 is 0 Å². The lowest BCUT2D eigenvalue weighted by atomic mass is 10.0. The zero-order chi connectivity index (χ0) is 18.3. The fourth-order valence-electron chi connectivity index (χ4n) is 3.57. The van der Waals surface area contributed by atoms with Gasteiger partial charge in [0.15, 0.2) is 0 Å². The number of aromatic nitrogens is 3. The van der Waals surface area contributed by atoms with Crippen molar-refractivity contribution in [1.82, 2.24) is 24.4 Å². The van der Waals surface area contributed by atoms with Crippen molar-refractivity contribution < 1.29 is 9.50 Å². The van der Waals surface area contributed by atoms with Crippen LogP contribution in [0.5, 0.6) is 5.88 Å². The van der Waals surface area contributed by atoms with Crippen LogP contribution in [0, 0.1) is 12.7 Å². The number of benzene rings is 1. The standard InChI is InChI=1S/C18H22FN5OS/c1-3-22-7-9-23(10-8-22)15(13-5-4-6-14(19)11-13)16-17(25)24-18(26-16)20-12(2)21-24/h4-6,11,15,25H,3,7-10H2,1-2H3/t15-/m0/s1. The number of fused-ring (bicyclic) bond motifs is 1. The number of thiazole rings is 1. The summed E-state index contributed by atoms with van der Waals surface area (Å²) in [7, 11) is 0. The summed E-state index contributed by atoms with van der Waals surface area (Å²) in [5.41, 5.74) is 0.839. The molecule has 0 bridgehead atoms. The average molecular weight is 375 g/mol. The molecule has 0 saturated carbocycles. The maximum absolute atomic E-state index is 13.9. The average Bonchev–Trinajstić information content (AvgIpc) is 3.14. The zero-order valence-electron chi connectivity index (χ0n) is 14.9. The molecule has 3 heterocycles. The van der Waals surface area contributed by atoms with E-state index in [4.69, 9.17) is 0 Å². The van der Waals surface area contributed by atoms with Crippen LogP contribution in [0.1, 0.15) is 29.2 Å². The number of halogens is 1. The SMILES string of the molecule is CCN1CCN([C@@H](c2cccc(F)c2)c2sc3nc(C)nn3c2O)CC1. The lowest BCUT2D eigenvalue weighted by molar-refractivity contribution is 0.113. The normalized spacial score (nSPS) is 17.8. The molecule has 6 nitrogen and oxygen atoms in total. The molecule has 0 radical (unpaired) electrons. The van der Waals surface area contributed by atoms with Crippen LogP contribution in [-0.2, 0) is 0 Å².